The summed E-state index contributed by atoms with van der Waals surface area (Å²) in [4.78, 5) is 22.5. The number of nitrogens with zero attached hydrogens (tertiary/aromatic N) is 1. The van der Waals surface area contributed by atoms with E-state index in [1.54, 1.807) is 12.3 Å². The second-order valence-corrected chi connectivity index (χ2v) is 10.4. The highest BCUT2D eigenvalue weighted by atomic mass is 19.1. The second kappa shape index (κ2) is 14.3. The predicted molar refractivity (Wildman–Crippen MR) is 162 cm³/mol. The number of halogens is 1. The van der Waals surface area contributed by atoms with Gasteiger partial charge in [0.2, 0.25) is 0 Å². The van der Waals surface area contributed by atoms with Gasteiger partial charge in [-0.25, -0.2) is 4.39 Å². The van der Waals surface area contributed by atoms with Gasteiger partial charge < -0.3 is 24.3 Å². The quantitative estimate of drug-likeness (QED) is 0.114. The lowest BCUT2D eigenvalue weighted by Crippen LogP contribution is -2.08. The number of benzene rings is 3. The molecule has 4 rings (SSSR count). The number of aromatic nitrogens is 1. The van der Waals surface area contributed by atoms with E-state index in [-0.39, 0.29) is 13.0 Å². The number of unbranched alkanes of at least 4 members (excludes halogenated alkanes) is 1. The van der Waals surface area contributed by atoms with E-state index in [9.17, 15) is 19.1 Å². The molecule has 8 heteroatoms. The molecule has 0 aliphatic heterocycles. The van der Waals surface area contributed by atoms with Crippen LogP contribution < -0.4 is 9.47 Å². The third-order valence-electron chi connectivity index (χ3n) is 6.83. The van der Waals surface area contributed by atoms with Gasteiger partial charge in [-0.05, 0) is 104 Å². The number of hydrogen-bond donors (Lipinski definition) is 2. The van der Waals surface area contributed by atoms with Crippen molar-refractivity contribution < 1.29 is 33.7 Å². The van der Waals surface area contributed by atoms with Crippen LogP contribution in [0.3, 0.4) is 0 Å². The summed E-state index contributed by atoms with van der Waals surface area (Å²) in [5.74, 6) is -0.788. The van der Waals surface area contributed by atoms with Crippen LogP contribution in [0.25, 0.3) is 23.1 Å². The molecule has 0 amide bonds. The summed E-state index contributed by atoms with van der Waals surface area (Å²) in [6.45, 7) is 4.99. The molecule has 220 valence electrons. The van der Waals surface area contributed by atoms with Crippen LogP contribution in [-0.4, -0.2) is 39.9 Å². The summed E-state index contributed by atoms with van der Waals surface area (Å²) in [6.07, 6.45) is 7.68. The molecule has 7 nitrogen and oxygen atoms in total. The van der Waals surface area contributed by atoms with Crippen molar-refractivity contribution in [3.63, 3.8) is 0 Å². The molecule has 0 spiro atoms. The van der Waals surface area contributed by atoms with Crippen molar-refractivity contribution in [3.8, 4) is 11.5 Å². The first-order valence-corrected chi connectivity index (χ1v) is 14.1. The minimum Gasteiger partial charge on any atom is -0.494 e. The van der Waals surface area contributed by atoms with Crippen molar-refractivity contribution in [3.05, 3.63) is 94.4 Å². The molecule has 0 saturated carbocycles. The average Bonchev–Trinajstić information content (AvgIpc) is 3.28. The summed E-state index contributed by atoms with van der Waals surface area (Å²) in [6, 6.07) is 16.8. The predicted octanol–water partition coefficient (Wildman–Crippen LogP) is 7.30. The monoisotopic (exact) mass is 573 g/mol. The number of ether oxygens (including phenoxy) is 2. The van der Waals surface area contributed by atoms with Gasteiger partial charge >= 0.3 is 11.9 Å². The fourth-order valence-corrected chi connectivity index (χ4v) is 5.00. The largest absolute Gasteiger partial charge is 0.494 e. The Balaban J connectivity index is 1.37. The van der Waals surface area contributed by atoms with Gasteiger partial charge in [-0.2, -0.15) is 0 Å². The first-order valence-electron chi connectivity index (χ1n) is 14.1. The SMILES string of the molecule is Cc1cc(C)cc(OCCCCOc2ccc(/C=C/c3ccc(F)c4c(CCCC(=O)O)cn(CC(=O)O)c34)cc2)c1. The number of carbonyl (C=O) groups is 2. The molecule has 42 heavy (non-hydrogen) atoms. The summed E-state index contributed by atoms with van der Waals surface area (Å²) in [5.41, 5.74) is 5.01. The molecule has 0 fully saturated rings. The zero-order valence-electron chi connectivity index (χ0n) is 23.9. The Labute approximate surface area is 244 Å². The van der Waals surface area contributed by atoms with Gasteiger partial charge in [0.15, 0.2) is 0 Å². The lowest BCUT2D eigenvalue weighted by molar-refractivity contribution is -0.138. The van der Waals surface area contributed by atoms with Crippen molar-refractivity contribution >= 4 is 35.0 Å². The van der Waals surface area contributed by atoms with E-state index in [1.165, 1.54) is 21.8 Å². The van der Waals surface area contributed by atoms with E-state index in [4.69, 9.17) is 14.6 Å². The van der Waals surface area contributed by atoms with Crippen molar-refractivity contribution in [2.45, 2.75) is 52.5 Å². The maximum Gasteiger partial charge on any atom is 0.323 e. The van der Waals surface area contributed by atoms with E-state index < -0.39 is 17.8 Å². The van der Waals surface area contributed by atoms with Crippen LogP contribution in [0, 0.1) is 19.7 Å². The molecule has 0 unspecified atom stereocenters. The molecule has 1 aromatic heterocycles. The van der Waals surface area contributed by atoms with E-state index in [0.717, 1.165) is 29.9 Å². The Bertz CT molecular complexity index is 1550. The Morgan fingerprint density at radius 3 is 2.14 bits per heavy atom. The lowest BCUT2D eigenvalue weighted by atomic mass is 10.0. The number of aliphatic carboxylic acids is 2. The zero-order chi connectivity index (χ0) is 30.1. The molecular formula is C34H36FNO6. The van der Waals surface area contributed by atoms with Crippen molar-refractivity contribution in [1.29, 1.82) is 0 Å². The highest BCUT2D eigenvalue weighted by Crippen LogP contribution is 2.30. The minimum atomic E-state index is -1.05. The Kier molecular flexibility index (Phi) is 10.4. The summed E-state index contributed by atoms with van der Waals surface area (Å²) >= 11 is 0. The van der Waals surface area contributed by atoms with Crippen LogP contribution in [0.5, 0.6) is 11.5 Å². The standard InChI is InChI=1S/C34H36FNO6/c1-23-18-24(2)20-29(19-23)42-17-4-3-16-41-28-13-9-25(10-14-28)8-11-26-12-15-30(35)33-27(6-5-7-31(37)38)21-36(34(26)33)22-32(39)40/h8-15,18-21H,3-7,16-17,22H2,1-2H3,(H,37,38)(H,39,40)/b11-8+. The van der Waals surface area contributed by atoms with Crippen LogP contribution in [0.1, 0.15) is 53.5 Å². The van der Waals surface area contributed by atoms with Crippen LogP contribution in [-0.2, 0) is 22.6 Å². The third-order valence-corrected chi connectivity index (χ3v) is 6.83. The Hall–Kier alpha value is -4.59. The van der Waals surface area contributed by atoms with Gasteiger partial charge in [0, 0.05) is 18.0 Å². The van der Waals surface area contributed by atoms with E-state index in [2.05, 4.69) is 19.9 Å². The molecule has 0 atom stereocenters. The van der Waals surface area contributed by atoms with Gasteiger partial charge in [-0.15, -0.1) is 0 Å². The van der Waals surface area contributed by atoms with E-state index in [0.29, 0.717) is 48.1 Å². The molecule has 0 bridgehead atoms. The molecule has 0 saturated heterocycles. The van der Waals surface area contributed by atoms with Crippen molar-refractivity contribution in [1.82, 2.24) is 4.57 Å². The molecular weight excluding hydrogens is 537 g/mol. The first-order chi connectivity index (χ1) is 20.2. The smallest absolute Gasteiger partial charge is 0.323 e. The summed E-state index contributed by atoms with van der Waals surface area (Å²) in [7, 11) is 0. The number of hydrogen-bond acceptors (Lipinski definition) is 4. The van der Waals surface area contributed by atoms with Gasteiger partial charge in [0.25, 0.3) is 0 Å². The van der Waals surface area contributed by atoms with Gasteiger partial charge in [-0.1, -0.05) is 30.4 Å². The van der Waals surface area contributed by atoms with Crippen LogP contribution in [0.15, 0.2) is 60.8 Å². The average molecular weight is 574 g/mol. The van der Waals surface area contributed by atoms with Crippen LogP contribution in [0.4, 0.5) is 4.39 Å². The fraction of sp³-hybridized carbons (Fsp3) is 0.294. The number of carboxylic acid groups (broad SMARTS) is 2. The van der Waals surface area contributed by atoms with Crippen LogP contribution in [0.2, 0.25) is 0 Å². The number of fused-ring (bicyclic) bond motifs is 1. The number of carboxylic acids is 2. The minimum absolute atomic E-state index is 0.0469. The van der Waals surface area contributed by atoms with E-state index in [1.807, 2.05) is 48.6 Å². The lowest BCUT2D eigenvalue weighted by Gasteiger charge is -2.09. The maximum atomic E-state index is 14.9. The van der Waals surface area contributed by atoms with Gasteiger partial charge in [0.05, 0.1) is 18.7 Å². The van der Waals surface area contributed by atoms with E-state index >= 15 is 0 Å². The summed E-state index contributed by atoms with van der Waals surface area (Å²) in [5, 5.41) is 18.7. The van der Waals surface area contributed by atoms with Gasteiger partial charge in [0.1, 0.15) is 23.9 Å². The molecule has 2 N–H and O–H groups in total. The molecule has 1 heterocycles. The number of rotatable bonds is 15. The molecule has 0 radical (unpaired) electrons. The Morgan fingerprint density at radius 2 is 1.50 bits per heavy atom. The fourth-order valence-electron chi connectivity index (χ4n) is 5.00. The van der Waals surface area contributed by atoms with Crippen molar-refractivity contribution in [2.24, 2.45) is 0 Å². The topological polar surface area (TPSA) is 98.0 Å². The third kappa shape index (κ3) is 8.46. The van der Waals surface area contributed by atoms with Gasteiger partial charge in [-0.3, -0.25) is 9.59 Å². The number of aryl methyl sites for hydroxylation is 3. The Morgan fingerprint density at radius 1 is 0.833 bits per heavy atom. The molecule has 0 aliphatic rings. The molecule has 0 aliphatic carbocycles. The zero-order valence-corrected chi connectivity index (χ0v) is 23.9. The summed E-state index contributed by atoms with van der Waals surface area (Å²) < 4.78 is 28.2. The highest BCUT2D eigenvalue weighted by Gasteiger charge is 2.17. The molecule has 3 aromatic carbocycles. The molecule has 4 aromatic rings. The van der Waals surface area contributed by atoms with Crippen molar-refractivity contribution in [2.75, 3.05) is 13.2 Å². The highest BCUT2D eigenvalue weighted by molar-refractivity contribution is 5.94. The van der Waals surface area contributed by atoms with Crippen LogP contribution >= 0.6 is 0 Å². The second-order valence-electron chi connectivity index (χ2n) is 10.4. The maximum absolute atomic E-state index is 14.9. The first kappa shape index (κ1) is 30.4. The normalized spacial score (nSPS) is 11.3.